The minimum atomic E-state index is -2.89. The van der Waals surface area contributed by atoms with Crippen molar-refractivity contribution in [3.05, 3.63) is 11.6 Å². The maximum Gasteiger partial charge on any atom is 1.00 e. The fourth-order valence-electron chi connectivity index (χ4n) is 8.14. The molecule has 4 fully saturated rings. The Morgan fingerprint density at radius 1 is 1.38 bits per heavy atom. The predicted octanol–water partition coefficient (Wildman–Crippen LogP) is -1.69. The Kier molecular flexibility index (Phi) is 5.28. The van der Waals surface area contributed by atoms with Crippen LogP contribution in [0.5, 0.6) is 0 Å². The number of carbonyl (C=O) groups is 3. The molecule has 1 saturated heterocycles. The van der Waals surface area contributed by atoms with Gasteiger partial charge in [-0.15, -0.1) is 0 Å². The van der Waals surface area contributed by atoms with Gasteiger partial charge in [-0.2, -0.15) is 0 Å². The van der Waals surface area contributed by atoms with E-state index in [-0.39, 0.29) is 88.5 Å². The number of carbonyl (C=O) groups excluding carboxylic acids is 3. The van der Waals surface area contributed by atoms with Crippen molar-refractivity contribution >= 4 is 17.7 Å². The number of ether oxygens (including phenoxy) is 2. The summed E-state index contributed by atoms with van der Waals surface area (Å²) in [6, 6.07) is 0. The van der Waals surface area contributed by atoms with Gasteiger partial charge in [0.25, 0.3) is 0 Å². The third kappa shape index (κ3) is 3.09. The van der Waals surface area contributed by atoms with E-state index in [2.05, 4.69) is 6.92 Å². The van der Waals surface area contributed by atoms with Crippen molar-refractivity contribution in [1.82, 2.24) is 0 Å². The van der Waals surface area contributed by atoms with E-state index in [1.165, 1.54) is 0 Å². The summed E-state index contributed by atoms with van der Waals surface area (Å²) in [4.78, 5) is 36.7. The van der Waals surface area contributed by atoms with Gasteiger partial charge >= 0.3 is 57.4 Å². The maximum atomic E-state index is 13.3. The van der Waals surface area contributed by atoms with Gasteiger partial charge in [0.1, 0.15) is 5.60 Å². The number of esters is 1. The number of epoxide rings is 1. The molecule has 8 heteroatoms. The van der Waals surface area contributed by atoms with E-state index in [1.807, 2.05) is 6.92 Å². The van der Waals surface area contributed by atoms with E-state index in [0.717, 1.165) is 5.57 Å². The number of hydrogen-bond acceptors (Lipinski definition) is 7. The summed E-state index contributed by atoms with van der Waals surface area (Å²) < 4.78 is 33.7. The van der Waals surface area contributed by atoms with Crippen LogP contribution >= 0.6 is 0 Å². The topological polar surface area (TPSA) is 116 Å². The van der Waals surface area contributed by atoms with Gasteiger partial charge in [-0.3, -0.25) is 9.59 Å². The molecule has 1 N–H and O–H groups in total. The van der Waals surface area contributed by atoms with Gasteiger partial charge in [0.05, 0.1) is 28.8 Å². The van der Waals surface area contributed by atoms with E-state index in [9.17, 15) is 24.6 Å². The van der Waals surface area contributed by atoms with Gasteiger partial charge < -0.3 is 24.5 Å². The summed E-state index contributed by atoms with van der Waals surface area (Å²) >= 11 is 0. The van der Waals surface area contributed by atoms with E-state index in [1.54, 1.807) is 6.08 Å². The van der Waals surface area contributed by atoms with Crippen LogP contribution < -0.4 is 56.5 Å². The maximum absolute atomic E-state index is 13.3. The van der Waals surface area contributed by atoms with Crippen LogP contribution in [-0.4, -0.2) is 47.2 Å². The van der Waals surface area contributed by atoms with Crippen molar-refractivity contribution in [3.8, 4) is 0 Å². The molecule has 4 aliphatic carbocycles. The third-order valence-corrected chi connectivity index (χ3v) is 9.84. The van der Waals surface area contributed by atoms with Crippen molar-refractivity contribution in [2.75, 3.05) is 7.04 Å². The Balaban J connectivity index is 0.00000289. The van der Waals surface area contributed by atoms with Crippen LogP contribution in [0.15, 0.2) is 11.6 Å². The van der Waals surface area contributed by atoms with E-state index in [4.69, 9.17) is 13.6 Å². The zero-order valence-electron chi connectivity index (χ0n) is 21.9. The predicted molar refractivity (Wildman–Crippen MR) is 106 cm³/mol. The van der Waals surface area contributed by atoms with Crippen LogP contribution in [0.4, 0.5) is 0 Å². The Hall–Kier alpha value is -0.0936. The van der Waals surface area contributed by atoms with E-state index in [0.29, 0.717) is 32.1 Å². The average Bonchev–Trinajstić information content (AvgIpc) is 3.37. The molecule has 0 aromatic carbocycles. The normalized spacial score (nSPS) is 50.0. The van der Waals surface area contributed by atoms with Crippen molar-refractivity contribution in [3.63, 3.8) is 0 Å². The van der Waals surface area contributed by atoms with Crippen LogP contribution in [0.25, 0.3) is 0 Å². The molecule has 0 aromatic heterocycles. The number of methoxy groups -OCH3 is 1. The number of aliphatic carboxylic acids is 1. The smallest absolute Gasteiger partial charge is 0.550 e. The molecule has 1 aliphatic heterocycles. The molecule has 0 bridgehead atoms. The first kappa shape index (κ1) is 21.2. The molecule has 7 nitrogen and oxygen atoms in total. The number of ketones is 1. The number of aliphatic hydroxyl groups is 1. The van der Waals surface area contributed by atoms with Gasteiger partial charge in [-0.05, 0) is 56.9 Å². The summed E-state index contributed by atoms with van der Waals surface area (Å²) in [6.07, 6.45) is 3.75. The fourth-order valence-corrected chi connectivity index (χ4v) is 8.14. The van der Waals surface area contributed by atoms with Crippen molar-refractivity contribution in [2.45, 2.75) is 82.5 Å². The fraction of sp³-hybridized carbons (Fsp3) is 0.792. The molecule has 0 aromatic rings. The first-order valence-corrected chi connectivity index (χ1v) is 11.2. The van der Waals surface area contributed by atoms with Crippen LogP contribution in [0, 0.1) is 28.6 Å². The second-order valence-corrected chi connectivity index (χ2v) is 10.8. The van der Waals surface area contributed by atoms with E-state index < -0.39 is 52.8 Å². The van der Waals surface area contributed by atoms with Crippen LogP contribution in [0.1, 0.15) is 69.3 Å². The largest absolute Gasteiger partial charge is 1.00 e. The van der Waals surface area contributed by atoms with Gasteiger partial charge in [-0.1, -0.05) is 19.4 Å². The van der Waals surface area contributed by atoms with Crippen LogP contribution in [-0.2, 0) is 23.9 Å². The zero-order valence-corrected chi connectivity index (χ0v) is 22.1. The minimum Gasteiger partial charge on any atom is -0.550 e. The molecule has 0 amide bonds. The summed E-state index contributed by atoms with van der Waals surface area (Å²) in [6.45, 7) is 4.01. The summed E-state index contributed by atoms with van der Waals surface area (Å²) in [7, 11) is -2.89. The second kappa shape index (κ2) is 7.97. The first-order valence-electron chi connectivity index (χ1n) is 12.7. The molecule has 0 radical (unpaired) electrons. The van der Waals surface area contributed by atoms with E-state index >= 15 is 0 Å². The molecular formula is C24H31KO7. The molecular weight excluding hydrogens is 439 g/mol. The molecule has 32 heavy (non-hydrogen) atoms. The second-order valence-electron chi connectivity index (χ2n) is 10.8. The van der Waals surface area contributed by atoms with Gasteiger partial charge in [0.15, 0.2) is 5.78 Å². The summed E-state index contributed by atoms with van der Waals surface area (Å²) in [5.74, 6) is -3.50. The molecule has 3 saturated carbocycles. The Morgan fingerprint density at radius 3 is 2.81 bits per heavy atom. The molecule has 170 valence electrons. The number of carboxylic acids is 1. The zero-order chi connectivity index (χ0) is 24.9. The minimum absolute atomic E-state index is 0. The van der Waals surface area contributed by atoms with Gasteiger partial charge in [-0.25, -0.2) is 0 Å². The SMILES string of the molecule is [2H]C([2H])([2H])OC(=O)[C@@H]1CC2=CC(=O)CC[C@]2(C)C23OC2C[C@@]2(C)[C@@H](CC[C@@]2(O)CCC(=O)[O-])[C@H]13.[K+]. The average molecular weight is 474 g/mol. The first-order chi connectivity index (χ1) is 15.7. The van der Waals surface area contributed by atoms with Gasteiger partial charge in [0, 0.05) is 29.1 Å². The molecule has 1 spiro atoms. The summed E-state index contributed by atoms with van der Waals surface area (Å²) in [5.41, 5.74) is -2.37. The number of hydrogen-bond donors (Lipinski definition) is 1. The van der Waals surface area contributed by atoms with Crippen molar-refractivity contribution in [1.29, 1.82) is 0 Å². The quantitative estimate of drug-likeness (QED) is 0.294. The van der Waals surface area contributed by atoms with Crippen molar-refractivity contribution < 1.29 is 89.6 Å². The monoisotopic (exact) mass is 473 g/mol. The number of rotatable bonds is 4. The summed E-state index contributed by atoms with van der Waals surface area (Å²) in [5, 5.41) is 22.8. The van der Waals surface area contributed by atoms with Crippen LogP contribution in [0.2, 0.25) is 0 Å². The Morgan fingerprint density at radius 2 is 2.12 bits per heavy atom. The molecule has 5 aliphatic rings. The van der Waals surface area contributed by atoms with Crippen LogP contribution in [0.3, 0.4) is 0 Å². The molecule has 8 atom stereocenters. The third-order valence-electron chi connectivity index (χ3n) is 9.84. The van der Waals surface area contributed by atoms with Crippen molar-refractivity contribution in [2.24, 2.45) is 28.6 Å². The molecule has 5 rings (SSSR count). The van der Waals surface area contributed by atoms with Gasteiger partial charge in [0.2, 0.25) is 0 Å². The number of carboxylic acid groups (broad SMARTS) is 1. The molecule has 1 heterocycles. The standard InChI is InChI=1S/C24H32O7.K/c1-21-7-4-14(25)10-13(21)11-15(20(28)30-3)19-16-5-8-23(29,9-6-18(26)27)22(16,2)12-17-24(19,21)31-17;/h10,15-17,19,29H,4-9,11-12H2,1-3H3,(H,26,27);/q;+1/p-1/t15-,16+,17?,19+,21+,22+,23-,24?;/m1./s1/i3D3;. The Bertz CT molecular complexity index is 998. The molecule has 2 unspecified atom stereocenters. The Labute approximate surface area is 235 Å². The number of fused-ring (bicyclic) bond motifs is 3.